The Kier molecular flexibility index (Phi) is 9.06. The fourth-order valence-corrected chi connectivity index (χ4v) is 3.54. The zero-order chi connectivity index (χ0) is 22.8. The van der Waals surface area contributed by atoms with Crippen molar-refractivity contribution in [2.24, 2.45) is 12.0 Å². The van der Waals surface area contributed by atoms with Gasteiger partial charge in [-0.1, -0.05) is 24.3 Å². The first-order chi connectivity index (χ1) is 15.6. The van der Waals surface area contributed by atoms with Crippen LogP contribution in [0.25, 0.3) is 0 Å². The van der Waals surface area contributed by atoms with Crippen molar-refractivity contribution < 1.29 is 14.3 Å². The predicted octanol–water partition coefficient (Wildman–Crippen LogP) is 1.79. The van der Waals surface area contributed by atoms with Crippen LogP contribution in [0.5, 0.6) is 0 Å². The number of anilines is 1. The molecule has 1 fully saturated rings. The standard InChI is InChI=1S/C23H34N6O3/c1-4-24-23(28-9-10-29(22(30)17-28)21-15-26-27(3)16-21)25-14-19-7-6-8-20(13-19)18-32-12-11-31-5-2/h6-8,13,15-16H,4-5,9-12,14,17-18H2,1-3H3,(H,24,25). The topological polar surface area (TPSA) is 84.2 Å². The van der Waals surface area contributed by atoms with E-state index in [-0.39, 0.29) is 12.5 Å². The lowest BCUT2D eigenvalue weighted by Crippen LogP contribution is -2.55. The minimum Gasteiger partial charge on any atom is -0.379 e. The van der Waals surface area contributed by atoms with Crippen molar-refractivity contribution in [2.75, 3.05) is 50.9 Å². The number of nitrogens with one attached hydrogen (secondary N) is 1. The highest BCUT2D eigenvalue weighted by molar-refractivity contribution is 5.98. The molecule has 9 heteroatoms. The monoisotopic (exact) mass is 442 g/mol. The average Bonchev–Trinajstić information content (AvgIpc) is 3.22. The summed E-state index contributed by atoms with van der Waals surface area (Å²) in [7, 11) is 1.85. The second-order valence-electron chi connectivity index (χ2n) is 7.58. The minimum atomic E-state index is 0.0426. The van der Waals surface area contributed by atoms with E-state index in [0.717, 1.165) is 29.3 Å². The Balaban J connectivity index is 1.58. The van der Waals surface area contributed by atoms with Crippen LogP contribution >= 0.6 is 0 Å². The molecule has 3 rings (SSSR count). The number of hydrogen-bond acceptors (Lipinski definition) is 5. The third kappa shape index (κ3) is 6.80. The third-order valence-electron chi connectivity index (χ3n) is 5.11. The molecular formula is C23H34N6O3. The SMILES string of the molecule is CCNC(=NCc1cccc(COCCOCC)c1)N1CCN(c2cnn(C)c2)C(=O)C1. The zero-order valence-electron chi connectivity index (χ0n) is 19.3. The van der Waals surface area contributed by atoms with Gasteiger partial charge >= 0.3 is 0 Å². The summed E-state index contributed by atoms with van der Waals surface area (Å²) in [6, 6.07) is 8.24. The lowest BCUT2D eigenvalue weighted by atomic mass is 10.1. The highest BCUT2D eigenvalue weighted by atomic mass is 16.5. The Bertz CT molecular complexity index is 897. The fraction of sp³-hybridized carbons (Fsp3) is 0.522. The number of guanidine groups is 1. The van der Waals surface area contributed by atoms with E-state index < -0.39 is 0 Å². The number of hydrogen-bond donors (Lipinski definition) is 1. The third-order valence-corrected chi connectivity index (χ3v) is 5.11. The number of amides is 1. The van der Waals surface area contributed by atoms with Crippen molar-refractivity contribution in [3.63, 3.8) is 0 Å². The smallest absolute Gasteiger partial charge is 0.246 e. The number of ether oxygens (including phenoxy) is 2. The van der Waals surface area contributed by atoms with E-state index in [9.17, 15) is 4.79 Å². The molecule has 174 valence electrons. The summed E-state index contributed by atoms with van der Waals surface area (Å²) in [5, 5.41) is 7.49. The van der Waals surface area contributed by atoms with E-state index in [1.807, 2.05) is 38.1 Å². The van der Waals surface area contributed by atoms with Crippen molar-refractivity contribution >= 4 is 17.6 Å². The van der Waals surface area contributed by atoms with E-state index in [1.54, 1.807) is 15.8 Å². The van der Waals surface area contributed by atoms with Crippen LogP contribution in [0.1, 0.15) is 25.0 Å². The van der Waals surface area contributed by atoms with Gasteiger partial charge < -0.3 is 24.6 Å². The van der Waals surface area contributed by atoms with Crippen LogP contribution in [0, 0.1) is 0 Å². The largest absolute Gasteiger partial charge is 0.379 e. The van der Waals surface area contributed by atoms with Crippen LogP contribution in [0.3, 0.4) is 0 Å². The molecule has 1 aromatic heterocycles. The van der Waals surface area contributed by atoms with Gasteiger partial charge in [-0.3, -0.25) is 9.48 Å². The maximum absolute atomic E-state index is 12.7. The molecule has 32 heavy (non-hydrogen) atoms. The first-order valence-corrected chi connectivity index (χ1v) is 11.2. The molecule has 0 atom stereocenters. The number of rotatable bonds is 10. The first-order valence-electron chi connectivity index (χ1n) is 11.2. The molecule has 0 bridgehead atoms. The van der Waals surface area contributed by atoms with Crippen molar-refractivity contribution in [1.29, 1.82) is 0 Å². The molecule has 1 aliphatic rings. The Hall–Kier alpha value is -2.91. The van der Waals surface area contributed by atoms with E-state index in [0.29, 0.717) is 46.1 Å². The molecule has 2 heterocycles. The molecule has 1 amide bonds. The summed E-state index contributed by atoms with van der Waals surface area (Å²) >= 11 is 0. The van der Waals surface area contributed by atoms with Gasteiger partial charge in [-0.15, -0.1) is 0 Å². The minimum absolute atomic E-state index is 0.0426. The molecule has 1 N–H and O–H groups in total. The molecule has 0 aliphatic carbocycles. The van der Waals surface area contributed by atoms with Crippen LogP contribution in [0.2, 0.25) is 0 Å². The van der Waals surface area contributed by atoms with Crippen molar-refractivity contribution in [1.82, 2.24) is 20.0 Å². The summed E-state index contributed by atoms with van der Waals surface area (Å²) in [4.78, 5) is 21.3. The zero-order valence-corrected chi connectivity index (χ0v) is 19.3. The highest BCUT2D eigenvalue weighted by Gasteiger charge is 2.27. The molecule has 0 unspecified atom stereocenters. The number of benzene rings is 1. The molecule has 1 aliphatic heterocycles. The molecule has 0 saturated carbocycles. The van der Waals surface area contributed by atoms with Gasteiger partial charge in [-0.2, -0.15) is 5.10 Å². The normalized spacial score (nSPS) is 14.8. The van der Waals surface area contributed by atoms with Gasteiger partial charge in [0.2, 0.25) is 5.91 Å². The van der Waals surface area contributed by atoms with Crippen molar-refractivity contribution in [3.8, 4) is 0 Å². The lowest BCUT2D eigenvalue weighted by molar-refractivity contribution is -0.120. The summed E-state index contributed by atoms with van der Waals surface area (Å²) in [6.07, 6.45) is 3.58. The molecule has 0 spiro atoms. The van der Waals surface area contributed by atoms with Gasteiger partial charge in [-0.25, -0.2) is 4.99 Å². The van der Waals surface area contributed by atoms with Crippen LogP contribution in [-0.2, 0) is 34.5 Å². The second kappa shape index (κ2) is 12.2. The average molecular weight is 443 g/mol. The molecule has 0 radical (unpaired) electrons. The lowest BCUT2D eigenvalue weighted by Gasteiger charge is -2.35. The van der Waals surface area contributed by atoms with Gasteiger partial charge in [0.15, 0.2) is 5.96 Å². The Labute approximate surface area is 190 Å². The van der Waals surface area contributed by atoms with E-state index >= 15 is 0 Å². The van der Waals surface area contributed by atoms with Crippen LogP contribution < -0.4 is 10.2 Å². The van der Waals surface area contributed by atoms with Gasteiger partial charge in [0.05, 0.1) is 38.2 Å². The van der Waals surface area contributed by atoms with Gasteiger partial charge in [0.25, 0.3) is 0 Å². The van der Waals surface area contributed by atoms with E-state index in [1.165, 1.54) is 0 Å². The first kappa shape index (κ1) is 23.7. The number of nitrogens with zero attached hydrogens (tertiary/aromatic N) is 5. The van der Waals surface area contributed by atoms with Gasteiger partial charge in [0.1, 0.15) is 6.54 Å². The number of aromatic nitrogens is 2. The Morgan fingerprint density at radius 2 is 2.00 bits per heavy atom. The number of piperazine rings is 1. The van der Waals surface area contributed by atoms with Crippen LogP contribution in [0.4, 0.5) is 5.69 Å². The molecule has 1 aromatic carbocycles. The van der Waals surface area contributed by atoms with Crippen molar-refractivity contribution in [2.45, 2.75) is 27.0 Å². The summed E-state index contributed by atoms with van der Waals surface area (Å²) in [6.45, 7) is 9.32. The second-order valence-corrected chi connectivity index (χ2v) is 7.58. The molecule has 9 nitrogen and oxygen atoms in total. The predicted molar refractivity (Wildman–Crippen MR) is 125 cm³/mol. The maximum Gasteiger partial charge on any atom is 0.246 e. The number of carbonyl (C=O) groups is 1. The van der Waals surface area contributed by atoms with E-state index in [2.05, 4.69) is 28.6 Å². The van der Waals surface area contributed by atoms with Crippen LogP contribution in [-0.4, -0.2) is 72.5 Å². The summed E-state index contributed by atoms with van der Waals surface area (Å²) < 4.78 is 12.7. The number of carbonyl (C=O) groups excluding carboxylic acids is 1. The van der Waals surface area contributed by atoms with Crippen LogP contribution in [0.15, 0.2) is 41.7 Å². The van der Waals surface area contributed by atoms with Crippen molar-refractivity contribution in [3.05, 3.63) is 47.8 Å². The summed E-state index contributed by atoms with van der Waals surface area (Å²) in [5.41, 5.74) is 3.05. The quantitative estimate of drug-likeness (QED) is 0.343. The fourth-order valence-electron chi connectivity index (χ4n) is 3.54. The Morgan fingerprint density at radius 3 is 2.72 bits per heavy atom. The summed E-state index contributed by atoms with van der Waals surface area (Å²) in [5.74, 6) is 0.797. The molecule has 1 saturated heterocycles. The van der Waals surface area contributed by atoms with Gasteiger partial charge in [0, 0.05) is 39.5 Å². The molecular weight excluding hydrogens is 408 g/mol. The highest BCUT2D eigenvalue weighted by Crippen LogP contribution is 2.16. The number of aryl methyl sites for hydroxylation is 1. The van der Waals surface area contributed by atoms with E-state index in [4.69, 9.17) is 14.5 Å². The maximum atomic E-state index is 12.7. The molecule has 2 aromatic rings. The number of aliphatic imine (C=N–C) groups is 1. The van der Waals surface area contributed by atoms with Gasteiger partial charge in [-0.05, 0) is 25.0 Å². The Morgan fingerprint density at radius 1 is 1.19 bits per heavy atom.